The van der Waals surface area contributed by atoms with Gasteiger partial charge in [-0.3, -0.25) is 0 Å². The molecule has 0 bridgehead atoms. The number of fused-ring (bicyclic) bond motifs is 1. The monoisotopic (exact) mass is 171 g/mol. The van der Waals surface area contributed by atoms with E-state index in [-0.39, 0.29) is 0 Å². The van der Waals surface area contributed by atoms with Gasteiger partial charge >= 0.3 is 0 Å². The minimum atomic E-state index is 0.586. The van der Waals surface area contributed by atoms with E-state index >= 15 is 0 Å². The third-order valence-electron chi connectivity index (χ3n) is 2.10. The average molecular weight is 171 g/mol. The van der Waals surface area contributed by atoms with Crippen LogP contribution in [0.15, 0.2) is 35.5 Å². The highest BCUT2D eigenvalue weighted by Gasteiger charge is 2.04. The summed E-state index contributed by atoms with van der Waals surface area (Å²) in [5.74, 6) is 0. The van der Waals surface area contributed by atoms with E-state index in [9.17, 15) is 0 Å². The molecule has 0 unspecified atom stereocenters. The van der Waals surface area contributed by atoms with Crippen LogP contribution in [0, 0.1) is 0 Å². The fourth-order valence-electron chi connectivity index (χ4n) is 1.45. The summed E-state index contributed by atoms with van der Waals surface area (Å²) >= 11 is 0. The molecule has 0 amide bonds. The molecule has 1 aromatic rings. The van der Waals surface area contributed by atoms with Gasteiger partial charge in [0.2, 0.25) is 0 Å². The minimum absolute atomic E-state index is 0.586. The van der Waals surface area contributed by atoms with Gasteiger partial charge < -0.3 is 5.21 Å². The molecule has 0 aromatic heterocycles. The SMILES string of the molecule is C=c1cccc2c1=CC=CC2=NO. The quantitative estimate of drug-likeness (QED) is 0.450. The topological polar surface area (TPSA) is 32.6 Å². The molecule has 0 heterocycles. The second-order valence-corrected chi connectivity index (χ2v) is 2.89. The van der Waals surface area contributed by atoms with Crippen molar-refractivity contribution in [1.82, 2.24) is 0 Å². The Morgan fingerprint density at radius 3 is 2.92 bits per heavy atom. The Morgan fingerprint density at radius 1 is 1.31 bits per heavy atom. The van der Waals surface area contributed by atoms with Crippen molar-refractivity contribution in [2.24, 2.45) is 5.16 Å². The van der Waals surface area contributed by atoms with Crippen molar-refractivity contribution in [3.05, 3.63) is 46.4 Å². The Kier molecular flexibility index (Phi) is 1.74. The fraction of sp³-hybridized carbons (Fsp3) is 0. The zero-order valence-electron chi connectivity index (χ0n) is 7.07. The maximum atomic E-state index is 8.73. The van der Waals surface area contributed by atoms with Gasteiger partial charge in [-0.2, -0.15) is 0 Å². The van der Waals surface area contributed by atoms with Crippen molar-refractivity contribution >= 4 is 18.4 Å². The second-order valence-electron chi connectivity index (χ2n) is 2.89. The molecule has 64 valence electrons. The highest BCUT2D eigenvalue weighted by molar-refractivity contribution is 6.10. The summed E-state index contributed by atoms with van der Waals surface area (Å²) in [5.41, 5.74) is 1.51. The van der Waals surface area contributed by atoms with Crippen LogP contribution in [0.2, 0.25) is 0 Å². The zero-order chi connectivity index (χ0) is 9.26. The van der Waals surface area contributed by atoms with E-state index in [2.05, 4.69) is 11.7 Å². The lowest BCUT2D eigenvalue weighted by molar-refractivity contribution is 0.320. The molecule has 2 rings (SSSR count). The van der Waals surface area contributed by atoms with Gasteiger partial charge in [0, 0.05) is 5.56 Å². The first kappa shape index (κ1) is 7.80. The predicted octanol–water partition coefficient (Wildman–Crippen LogP) is 0.626. The molecule has 0 atom stereocenters. The van der Waals surface area contributed by atoms with Crippen LogP contribution in [-0.2, 0) is 0 Å². The van der Waals surface area contributed by atoms with Gasteiger partial charge in [-0.25, -0.2) is 0 Å². The van der Waals surface area contributed by atoms with E-state index in [1.807, 2.05) is 30.4 Å². The Labute approximate surface area is 75.8 Å². The number of oxime groups is 1. The summed E-state index contributed by atoms with van der Waals surface area (Å²) in [6.45, 7) is 3.90. The fourth-order valence-corrected chi connectivity index (χ4v) is 1.45. The van der Waals surface area contributed by atoms with E-state index in [0.717, 1.165) is 16.0 Å². The Hall–Kier alpha value is -1.83. The van der Waals surface area contributed by atoms with Gasteiger partial charge in [0.25, 0.3) is 0 Å². The lowest BCUT2D eigenvalue weighted by atomic mass is 10.0. The summed E-state index contributed by atoms with van der Waals surface area (Å²) in [5, 5.41) is 13.9. The van der Waals surface area contributed by atoms with Gasteiger partial charge in [-0.1, -0.05) is 42.1 Å². The Balaban J connectivity index is 2.88. The first-order valence-electron chi connectivity index (χ1n) is 4.02. The van der Waals surface area contributed by atoms with Gasteiger partial charge in [0.05, 0.1) is 0 Å². The van der Waals surface area contributed by atoms with Gasteiger partial charge in [0.15, 0.2) is 0 Å². The van der Waals surface area contributed by atoms with Crippen molar-refractivity contribution < 1.29 is 5.21 Å². The molecule has 1 aliphatic rings. The largest absolute Gasteiger partial charge is 0.410 e. The maximum absolute atomic E-state index is 8.73. The van der Waals surface area contributed by atoms with E-state index in [4.69, 9.17) is 5.21 Å². The highest BCUT2D eigenvalue weighted by atomic mass is 16.4. The average Bonchev–Trinajstić information content (AvgIpc) is 2.18. The number of hydrogen-bond donors (Lipinski definition) is 1. The van der Waals surface area contributed by atoms with Crippen molar-refractivity contribution in [3.8, 4) is 0 Å². The molecule has 0 spiro atoms. The molecule has 0 saturated carbocycles. The van der Waals surface area contributed by atoms with Crippen LogP contribution in [0.3, 0.4) is 0 Å². The first-order valence-corrected chi connectivity index (χ1v) is 4.02. The van der Waals surface area contributed by atoms with E-state index in [1.165, 1.54) is 0 Å². The molecule has 1 N–H and O–H groups in total. The molecular formula is C11H9NO. The van der Waals surface area contributed by atoms with Crippen LogP contribution in [0.1, 0.15) is 5.56 Å². The van der Waals surface area contributed by atoms with Crippen LogP contribution in [-0.4, -0.2) is 10.9 Å². The molecular weight excluding hydrogens is 162 g/mol. The van der Waals surface area contributed by atoms with Crippen molar-refractivity contribution in [1.29, 1.82) is 0 Å². The molecule has 0 fully saturated rings. The molecule has 0 saturated heterocycles. The number of hydrogen-bond acceptors (Lipinski definition) is 2. The van der Waals surface area contributed by atoms with Crippen molar-refractivity contribution in [2.45, 2.75) is 0 Å². The van der Waals surface area contributed by atoms with Crippen molar-refractivity contribution in [3.63, 3.8) is 0 Å². The lowest BCUT2D eigenvalue weighted by Gasteiger charge is -2.04. The first-order chi connectivity index (χ1) is 6.33. The second kappa shape index (κ2) is 2.90. The summed E-state index contributed by atoms with van der Waals surface area (Å²) in [6, 6.07) is 5.75. The maximum Gasteiger partial charge on any atom is 0.110 e. The van der Waals surface area contributed by atoms with Gasteiger partial charge in [-0.05, 0) is 16.5 Å². The molecule has 0 aliphatic heterocycles. The Bertz CT molecular complexity index is 497. The van der Waals surface area contributed by atoms with E-state index in [1.54, 1.807) is 6.08 Å². The third kappa shape index (κ3) is 1.16. The number of allylic oxidation sites excluding steroid dienone is 2. The predicted molar refractivity (Wildman–Crippen MR) is 53.1 cm³/mol. The van der Waals surface area contributed by atoms with Crippen LogP contribution in [0.25, 0.3) is 12.7 Å². The van der Waals surface area contributed by atoms with Crippen LogP contribution < -0.4 is 10.4 Å². The van der Waals surface area contributed by atoms with Gasteiger partial charge in [-0.15, -0.1) is 0 Å². The van der Waals surface area contributed by atoms with Crippen molar-refractivity contribution in [2.75, 3.05) is 0 Å². The van der Waals surface area contributed by atoms with Crippen LogP contribution >= 0.6 is 0 Å². The Morgan fingerprint density at radius 2 is 2.15 bits per heavy atom. The number of rotatable bonds is 0. The summed E-state index contributed by atoms with van der Waals surface area (Å²) < 4.78 is 0. The third-order valence-corrected chi connectivity index (χ3v) is 2.10. The minimum Gasteiger partial charge on any atom is -0.410 e. The van der Waals surface area contributed by atoms with Crippen LogP contribution in [0.5, 0.6) is 0 Å². The van der Waals surface area contributed by atoms with Crippen LogP contribution in [0.4, 0.5) is 0 Å². The smallest absolute Gasteiger partial charge is 0.110 e. The summed E-state index contributed by atoms with van der Waals surface area (Å²) in [7, 11) is 0. The molecule has 2 heteroatoms. The molecule has 1 aliphatic carbocycles. The highest BCUT2D eigenvalue weighted by Crippen LogP contribution is 1.99. The summed E-state index contributed by atoms with van der Waals surface area (Å²) in [4.78, 5) is 0. The van der Waals surface area contributed by atoms with E-state index < -0.39 is 0 Å². The normalized spacial score (nSPS) is 16.8. The van der Waals surface area contributed by atoms with E-state index in [0.29, 0.717) is 5.71 Å². The lowest BCUT2D eigenvalue weighted by Crippen LogP contribution is -2.30. The number of nitrogens with zero attached hydrogens (tertiary/aromatic N) is 1. The summed E-state index contributed by atoms with van der Waals surface area (Å²) in [6.07, 6.45) is 5.58. The molecule has 1 aromatic carbocycles. The molecule has 0 radical (unpaired) electrons. The number of benzene rings is 1. The molecule has 2 nitrogen and oxygen atoms in total. The molecule has 13 heavy (non-hydrogen) atoms. The van der Waals surface area contributed by atoms with Gasteiger partial charge in [0.1, 0.15) is 5.71 Å². The standard InChI is InChI=1S/C11H9NO/c1-8-4-2-6-10-9(8)5-3-7-11(10)12-13/h2-7,13H,1H2. The zero-order valence-corrected chi connectivity index (χ0v) is 7.07.